The Labute approximate surface area is 170 Å². The van der Waals surface area contributed by atoms with E-state index in [9.17, 15) is 15.0 Å². The Morgan fingerprint density at radius 2 is 1.68 bits per heavy atom. The van der Waals surface area contributed by atoms with E-state index in [0.29, 0.717) is 35.5 Å². The lowest BCUT2D eigenvalue weighted by Crippen LogP contribution is -2.58. The topological polar surface area (TPSA) is 77.8 Å². The molecule has 4 aliphatic carbocycles. The first-order chi connectivity index (χ1) is 13.2. The number of hydrogen-bond acceptors (Lipinski definition) is 3. The van der Waals surface area contributed by atoms with Crippen molar-refractivity contribution in [1.82, 2.24) is 0 Å². The first-order valence-electron chi connectivity index (χ1n) is 11.7. The van der Waals surface area contributed by atoms with Crippen LogP contribution in [0.25, 0.3) is 0 Å². The highest BCUT2D eigenvalue weighted by Gasteiger charge is 2.62. The molecule has 160 valence electrons. The highest BCUT2D eigenvalue weighted by Crippen LogP contribution is 2.68. The molecule has 0 radical (unpaired) electrons. The van der Waals surface area contributed by atoms with Gasteiger partial charge in [0.2, 0.25) is 0 Å². The van der Waals surface area contributed by atoms with Crippen LogP contribution in [0.1, 0.15) is 85.0 Å². The number of fused-ring (bicyclic) bond motifs is 5. The van der Waals surface area contributed by atoms with Crippen molar-refractivity contribution in [2.45, 2.75) is 97.2 Å². The maximum absolute atomic E-state index is 11.2. The van der Waals surface area contributed by atoms with Crippen LogP contribution in [0.3, 0.4) is 0 Å². The molecule has 0 amide bonds. The standard InChI is InChI=1S/C24H40O4/c1-14(4-7-21(27)28)17-5-6-18-22-19(9-11-24(17,18)3)23(2)10-8-16(25)12-15(23)13-20(22)26/h14-20,22,25-26H,4-13H2,1-3H3,(H,27,28)/t14-,15+,16-,17+,18-,19+,20-,22-,23-,24-/m1/s1. The normalized spacial score (nSPS) is 51.7. The van der Waals surface area contributed by atoms with Crippen LogP contribution in [0.15, 0.2) is 0 Å². The molecule has 0 aromatic heterocycles. The zero-order chi connectivity index (χ0) is 20.3. The minimum absolute atomic E-state index is 0.179. The van der Waals surface area contributed by atoms with Crippen molar-refractivity contribution in [3.05, 3.63) is 0 Å². The summed E-state index contributed by atoms with van der Waals surface area (Å²) in [4.78, 5) is 11.1. The number of aliphatic hydroxyl groups is 2. The summed E-state index contributed by atoms with van der Waals surface area (Å²) < 4.78 is 0. The monoisotopic (exact) mass is 392 g/mol. The van der Waals surface area contributed by atoms with E-state index in [0.717, 1.165) is 32.1 Å². The van der Waals surface area contributed by atoms with E-state index in [1.165, 1.54) is 25.7 Å². The maximum Gasteiger partial charge on any atom is 0.303 e. The van der Waals surface area contributed by atoms with Gasteiger partial charge in [0.15, 0.2) is 0 Å². The molecule has 4 nitrogen and oxygen atoms in total. The van der Waals surface area contributed by atoms with Gasteiger partial charge in [-0.2, -0.15) is 0 Å². The van der Waals surface area contributed by atoms with Gasteiger partial charge < -0.3 is 15.3 Å². The first-order valence-corrected chi connectivity index (χ1v) is 11.7. The number of carboxylic acids is 1. The van der Waals surface area contributed by atoms with Crippen LogP contribution in [0.4, 0.5) is 0 Å². The first kappa shape index (κ1) is 20.7. The summed E-state index contributed by atoms with van der Waals surface area (Å²) >= 11 is 0. The summed E-state index contributed by atoms with van der Waals surface area (Å²) in [5, 5.41) is 30.5. The number of aliphatic carboxylic acids is 1. The zero-order valence-corrected chi connectivity index (χ0v) is 17.9. The van der Waals surface area contributed by atoms with Gasteiger partial charge in [-0.25, -0.2) is 0 Å². The van der Waals surface area contributed by atoms with Gasteiger partial charge in [0.1, 0.15) is 0 Å². The Balaban J connectivity index is 1.55. The number of carboxylic acid groups (broad SMARTS) is 1. The second kappa shape index (κ2) is 7.27. The molecule has 0 spiro atoms. The third kappa shape index (κ3) is 3.14. The minimum Gasteiger partial charge on any atom is -0.481 e. The molecule has 0 bridgehead atoms. The average Bonchev–Trinajstić information content (AvgIpc) is 2.98. The molecule has 0 unspecified atom stereocenters. The van der Waals surface area contributed by atoms with E-state index >= 15 is 0 Å². The van der Waals surface area contributed by atoms with E-state index in [-0.39, 0.29) is 29.5 Å². The van der Waals surface area contributed by atoms with E-state index < -0.39 is 5.97 Å². The molecular formula is C24H40O4. The Bertz CT molecular complexity index is 605. The van der Waals surface area contributed by atoms with Gasteiger partial charge in [-0.05, 0) is 104 Å². The molecule has 4 fully saturated rings. The van der Waals surface area contributed by atoms with Crippen molar-refractivity contribution in [2.24, 2.45) is 46.3 Å². The Kier molecular flexibility index (Phi) is 5.36. The lowest BCUT2D eigenvalue weighted by atomic mass is 9.43. The fourth-order valence-corrected chi connectivity index (χ4v) is 8.73. The summed E-state index contributed by atoms with van der Waals surface area (Å²) in [5.41, 5.74) is 0.523. The van der Waals surface area contributed by atoms with E-state index in [2.05, 4.69) is 20.8 Å². The predicted molar refractivity (Wildman–Crippen MR) is 109 cm³/mol. The summed E-state index contributed by atoms with van der Waals surface area (Å²) in [7, 11) is 0. The van der Waals surface area contributed by atoms with Gasteiger partial charge in [-0.15, -0.1) is 0 Å². The molecule has 0 saturated heterocycles. The van der Waals surface area contributed by atoms with Gasteiger partial charge in [0.05, 0.1) is 12.2 Å². The van der Waals surface area contributed by atoms with Crippen LogP contribution in [0, 0.1) is 46.3 Å². The van der Waals surface area contributed by atoms with Crippen LogP contribution < -0.4 is 0 Å². The van der Waals surface area contributed by atoms with Crippen LogP contribution in [-0.2, 0) is 4.79 Å². The third-order valence-corrected chi connectivity index (χ3v) is 10.2. The van der Waals surface area contributed by atoms with Crippen molar-refractivity contribution in [2.75, 3.05) is 0 Å². The smallest absolute Gasteiger partial charge is 0.303 e. The molecule has 0 aromatic carbocycles. The average molecular weight is 393 g/mol. The van der Waals surface area contributed by atoms with Crippen molar-refractivity contribution in [3.63, 3.8) is 0 Å². The van der Waals surface area contributed by atoms with Crippen LogP contribution in [-0.4, -0.2) is 33.5 Å². The Hall–Kier alpha value is -0.610. The van der Waals surface area contributed by atoms with E-state index in [1.54, 1.807) is 0 Å². The Morgan fingerprint density at radius 3 is 2.39 bits per heavy atom. The molecule has 4 rings (SSSR count). The van der Waals surface area contributed by atoms with E-state index in [1.807, 2.05) is 0 Å². The second-order valence-electron chi connectivity index (χ2n) is 11.4. The fraction of sp³-hybridized carbons (Fsp3) is 0.958. The van der Waals surface area contributed by atoms with Gasteiger partial charge >= 0.3 is 5.97 Å². The van der Waals surface area contributed by atoms with Crippen LogP contribution >= 0.6 is 0 Å². The largest absolute Gasteiger partial charge is 0.481 e. The molecule has 0 aromatic rings. The van der Waals surface area contributed by atoms with E-state index in [4.69, 9.17) is 5.11 Å². The Morgan fingerprint density at radius 1 is 1.00 bits per heavy atom. The lowest BCUT2D eigenvalue weighted by molar-refractivity contribution is -0.174. The van der Waals surface area contributed by atoms with Crippen molar-refractivity contribution in [3.8, 4) is 0 Å². The molecule has 0 heterocycles. The lowest BCUT2D eigenvalue weighted by Gasteiger charge is -2.62. The molecule has 4 aliphatic rings. The summed E-state index contributed by atoms with van der Waals surface area (Å²) in [5.74, 6) is 2.36. The van der Waals surface area contributed by atoms with Gasteiger partial charge in [-0.3, -0.25) is 4.79 Å². The summed E-state index contributed by atoms with van der Waals surface area (Å²) in [6.07, 6.45) is 9.19. The maximum atomic E-state index is 11.2. The van der Waals surface area contributed by atoms with Crippen molar-refractivity contribution >= 4 is 5.97 Å². The van der Waals surface area contributed by atoms with Crippen LogP contribution in [0.5, 0.6) is 0 Å². The van der Waals surface area contributed by atoms with Crippen molar-refractivity contribution in [1.29, 1.82) is 0 Å². The number of rotatable bonds is 4. The quantitative estimate of drug-likeness (QED) is 0.659. The SMILES string of the molecule is C[C@H](CCC(=O)O)[C@@H]1CC[C@@H]2[C@H]3[C@H](O)C[C@@H]4C[C@H](O)CC[C@@]4(C)[C@H]3CC[C@@]21C. The summed E-state index contributed by atoms with van der Waals surface area (Å²) in [6, 6.07) is 0. The molecule has 4 saturated carbocycles. The van der Waals surface area contributed by atoms with Crippen molar-refractivity contribution < 1.29 is 20.1 Å². The molecule has 3 N–H and O–H groups in total. The molecule has 10 atom stereocenters. The predicted octanol–water partition coefficient (Wildman–Crippen LogP) is 4.48. The van der Waals surface area contributed by atoms with Gasteiger partial charge in [-0.1, -0.05) is 20.8 Å². The minimum atomic E-state index is -0.684. The fourth-order valence-electron chi connectivity index (χ4n) is 8.73. The molecular weight excluding hydrogens is 352 g/mol. The number of aliphatic hydroxyl groups excluding tert-OH is 2. The number of hydrogen-bond donors (Lipinski definition) is 3. The highest BCUT2D eigenvalue weighted by atomic mass is 16.4. The summed E-state index contributed by atoms with van der Waals surface area (Å²) in [6.45, 7) is 7.16. The molecule has 28 heavy (non-hydrogen) atoms. The highest BCUT2D eigenvalue weighted by molar-refractivity contribution is 5.66. The van der Waals surface area contributed by atoms with Gasteiger partial charge in [0.25, 0.3) is 0 Å². The van der Waals surface area contributed by atoms with Gasteiger partial charge in [0, 0.05) is 6.42 Å². The zero-order valence-electron chi connectivity index (χ0n) is 17.9. The molecule has 4 heteroatoms. The second-order valence-corrected chi connectivity index (χ2v) is 11.4. The van der Waals surface area contributed by atoms with Crippen LogP contribution in [0.2, 0.25) is 0 Å². The number of carbonyl (C=O) groups is 1. The molecule has 0 aliphatic heterocycles. The third-order valence-electron chi connectivity index (χ3n) is 10.2.